The molecule has 1 rings (SSSR count). The van der Waals surface area contributed by atoms with Crippen molar-refractivity contribution in [1.29, 1.82) is 0 Å². The van der Waals surface area contributed by atoms with Crippen LogP contribution in [-0.2, 0) is 4.79 Å². The smallest absolute Gasteiger partial charge is 0.146 e. The van der Waals surface area contributed by atoms with Crippen molar-refractivity contribution in [3.63, 3.8) is 0 Å². The number of carbonyl (C=O) groups excluding carboxylic acids is 1. The van der Waals surface area contributed by atoms with E-state index in [1.165, 1.54) is 6.42 Å². The van der Waals surface area contributed by atoms with Gasteiger partial charge in [0.25, 0.3) is 0 Å². The first-order chi connectivity index (χ1) is 6.63. The van der Waals surface area contributed by atoms with Gasteiger partial charge in [-0.1, -0.05) is 6.92 Å². The van der Waals surface area contributed by atoms with Gasteiger partial charge >= 0.3 is 0 Å². The summed E-state index contributed by atoms with van der Waals surface area (Å²) >= 11 is 0. The van der Waals surface area contributed by atoms with Crippen LogP contribution in [0.2, 0.25) is 0 Å². The maximum Gasteiger partial charge on any atom is 0.146 e. The van der Waals surface area contributed by atoms with Crippen molar-refractivity contribution in [2.45, 2.75) is 45.7 Å². The van der Waals surface area contributed by atoms with Crippen LogP contribution in [0.25, 0.3) is 0 Å². The van der Waals surface area contributed by atoms with Gasteiger partial charge in [-0.15, -0.1) is 0 Å². The number of hydrogen-bond acceptors (Lipinski definition) is 3. The highest BCUT2D eigenvalue weighted by molar-refractivity contribution is 5.80. The molecule has 0 aromatic carbocycles. The first-order valence-corrected chi connectivity index (χ1v) is 5.62. The van der Waals surface area contributed by atoms with Gasteiger partial charge in [0.15, 0.2) is 0 Å². The van der Waals surface area contributed by atoms with Crippen LogP contribution in [0.5, 0.6) is 0 Å². The van der Waals surface area contributed by atoms with E-state index in [4.69, 9.17) is 0 Å². The van der Waals surface area contributed by atoms with Crippen LogP contribution in [0.4, 0.5) is 0 Å². The predicted molar refractivity (Wildman–Crippen MR) is 58.4 cm³/mol. The fraction of sp³-hybridized carbons (Fsp3) is 0.909. The number of hydrogen-bond donors (Lipinski definition) is 1. The number of rotatable bonds is 5. The summed E-state index contributed by atoms with van der Waals surface area (Å²) in [5.41, 5.74) is 0. The molecule has 0 aromatic rings. The molecule has 0 amide bonds. The molecule has 1 fully saturated rings. The summed E-state index contributed by atoms with van der Waals surface area (Å²) in [6, 6.07) is 1.15. The second-order valence-corrected chi connectivity index (χ2v) is 4.35. The average molecular weight is 198 g/mol. The monoisotopic (exact) mass is 198 g/mol. The standard InChI is InChI=1S/C11H22N2O/c1-4-11(14)7-12-10-5-6-13(8-10)9(2)3/h9-10,12H,4-8H2,1-3H3. The van der Waals surface area contributed by atoms with Crippen LogP contribution >= 0.6 is 0 Å². The van der Waals surface area contributed by atoms with Crippen molar-refractivity contribution in [2.75, 3.05) is 19.6 Å². The number of likely N-dealkylation sites (tertiary alicyclic amines) is 1. The first kappa shape index (κ1) is 11.7. The van der Waals surface area contributed by atoms with E-state index < -0.39 is 0 Å². The highest BCUT2D eigenvalue weighted by atomic mass is 16.1. The van der Waals surface area contributed by atoms with Crippen molar-refractivity contribution in [2.24, 2.45) is 0 Å². The van der Waals surface area contributed by atoms with E-state index in [2.05, 4.69) is 24.1 Å². The van der Waals surface area contributed by atoms with Crippen LogP contribution in [0.3, 0.4) is 0 Å². The van der Waals surface area contributed by atoms with Gasteiger partial charge in [-0.25, -0.2) is 0 Å². The molecule has 0 aromatic heterocycles. The van der Waals surface area contributed by atoms with E-state index in [1.54, 1.807) is 0 Å². The minimum absolute atomic E-state index is 0.313. The van der Waals surface area contributed by atoms with Gasteiger partial charge < -0.3 is 5.32 Å². The molecule has 3 heteroatoms. The summed E-state index contributed by atoms with van der Waals surface area (Å²) in [5, 5.41) is 3.33. The summed E-state index contributed by atoms with van der Waals surface area (Å²) < 4.78 is 0. The van der Waals surface area contributed by atoms with E-state index in [1.807, 2.05) is 6.92 Å². The van der Waals surface area contributed by atoms with Crippen LogP contribution in [0, 0.1) is 0 Å². The molecular weight excluding hydrogens is 176 g/mol. The van der Waals surface area contributed by atoms with Gasteiger partial charge in [0.1, 0.15) is 5.78 Å². The van der Waals surface area contributed by atoms with E-state index in [-0.39, 0.29) is 0 Å². The zero-order chi connectivity index (χ0) is 10.6. The molecule has 1 N–H and O–H groups in total. The number of nitrogens with zero attached hydrogens (tertiary/aromatic N) is 1. The van der Waals surface area contributed by atoms with E-state index in [9.17, 15) is 4.79 Å². The van der Waals surface area contributed by atoms with Crippen LogP contribution in [-0.4, -0.2) is 42.4 Å². The van der Waals surface area contributed by atoms with Gasteiger partial charge in [-0.05, 0) is 26.8 Å². The van der Waals surface area contributed by atoms with E-state index in [0.717, 1.165) is 13.1 Å². The molecular formula is C11H22N2O. The third kappa shape index (κ3) is 3.39. The van der Waals surface area contributed by atoms with Gasteiger partial charge in [0, 0.05) is 25.0 Å². The third-order valence-corrected chi connectivity index (χ3v) is 2.93. The van der Waals surface area contributed by atoms with Crippen LogP contribution < -0.4 is 5.32 Å². The summed E-state index contributed by atoms with van der Waals surface area (Å²) in [7, 11) is 0. The topological polar surface area (TPSA) is 32.3 Å². The number of ketones is 1. The Morgan fingerprint density at radius 1 is 1.57 bits per heavy atom. The second kappa shape index (κ2) is 5.47. The van der Waals surface area contributed by atoms with Gasteiger partial charge in [0.2, 0.25) is 0 Å². The number of carbonyl (C=O) groups is 1. The summed E-state index contributed by atoms with van der Waals surface area (Å²) in [4.78, 5) is 13.6. The Morgan fingerprint density at radius 3 is 2.79 bits per heavy atom. The molecule has 1 aliphatic rings. The molecule has 1 atom stereocenters. The second-order valence-electron chi connectivity index (χ2n) is 4.35. The molecule has 1 aliphatic heterocycles. The number of Topliss-reactive ketones (excluding diaryl/α,β-unsaturated/α-hetero) is 1. The van der Waals surface area contributed by atoms with Crippen LogP contribution in [0.15, 0.2) is 0 Å². The summed E-state index contributed by atoms with van der Waals surface area (Å²) in [6.45, 7) is 9.16. The zero-order valence-electron chi connectivity index (χ0n) is 9.55. The summed E-state index contributed by atoms with van der Waals surface area (Å²) in [5.74, 6) is 0.313. The van der Waals surface area contributed by atoms with E-state index >= 15 is 0 Å². The molecule has 1 saturated heterocycles. The quantitative estimate of drug-likeness (QED) is 0.716. The predicted octanol–water partition coefficient (Wildman–Crippen LogP) is 1.04. The first-order valence-electron chi connectivity index (χ1n) is 5.62. The maximum absolute atomic E-state index is 11.1. The molecule has 1 unspecified atom stereocenters. The Bertz CT molecular complexity index is 192. The minimum Gasteiger partial charge on any atom is -0.306 e. The molecule has 1 heterocycles. The lowest BCUT2D eigenvalue weighted by Crippen LogP contribution is -2.37. The van der Waals surface area contributed by atoms with Crippen molar-refractivity contribution < 1.29 is 4.79 Å². The van der Waals surface area contributed by atoms with Crippen molar-refractivity contribution in [1.82, 2.24) is 10.2 Å². The fourth-order valence-corrected chi connectivity index (χ4v) is 1.81. The van der Waals surface area contributed by atoms with Gasteiger partial charge in [-0.3, -0.25) is 9.69 Å². The van der Waals surface area contributed by atoms with Crippen LogP contribution in [0.1, 0.15) is 33.6 Å². The molecule has 0 aliphatic carbocycles. The molecule has 82 valence electrons. The van der Waals surface area contributed by atoms with Crippen molar-refractivity contribution in [3.05, 3.63) is 0 Å². The fourth-order valence-electron chi connectivity index (χ4n) is 1.81. The average Bonchev–Trinajstić information content (AvgIpc) is 2.62. The van der Waals surface area contributed by atoms with E-state index in [0.29, 0.717) is 30.8 Å². The Hall–Kier alpha value is -0.410. The highest BCUT2D eigenvalue weighted by Gasteiger charge is 2.23. The normalized spacial score (nSPS) is 23.3. The largest absolute Gasteiger partial charge is 0.306 e. The van der Waals surface area contributed by atoms with Gasteiger partial charge in [-0.2, -0.15) is 0 Å². The zero-order valence-corrected chi connectivity index (χ0v) is 9.55. The third-order valence-electron chi connectivity index (χ3n) is 2.93. The Morgan fingerprint density at radius 2 is 2.29 bits per heavy atom. The molecule has 0 bridgehead atoms. The molecule has 0 spiro atoms. The minimum atomic E-state index is 0.313. The Labute approximate surface area is 86.9 Å². The van der Waals surface area contributed by atoms with Gasteiger partial charge in [0.05, 0.1) is 6.54 Å². The molecule has 0 saturated carbocycles. The lowest BCUT2D eigenvalue weighted by atomic mass is 10.2. The lowest BCUT2D eigenvalue weighted by molar-refractivity contribution is -0.118. The molecule has 3 nitrogen and oxygen atoms in total. The maximum atomic E-state index is 11.1. The Balaban J connectivity index is 2.19. The lowest BCUT2D eigenvalue weighted by Gasteiger charge is -2.20. The number of nitrogens with one attached hydrogen (secondary N) is 1. The SMILES string of the molecule is CCC(=O)CNC1CCN(C(C)C)C1. The summed E-state index contributed by atoms with van der Waals surface area (Å²) in [6.07, 6.45) is 1.82. The van der Waals surface area contributed by atoms with Crippen molar-refractivity contribution in [3.8, 4) is 0 Å². The molecule has 14 heavy (non-hydrogen) atoms. The highest BCUT2D eigenvalue weighted by Crippen LogP contribution is 2.11. The van der Waals surface area contributed by atoms with Crippen molar-refractivity contribution >= 4 is 5.78 Å². The Kier molecular flexibility index (Phi) is 4.55. The molecule has 0 radical (unpaired) electrons.